The van der Waals surface area contributed by atoms with Crippen LogP contribution in [0.25, 0.3) is 0 Å². The Labute approximate surface area is 133 Å². The molecule has 0 saturated heterocycles. The summed E-state index contributed by atoms with van der Waals surface area (Å²) in [5.41, 5.74) is -0.405. The number of halogens is 2. The molecule has 1 aliphatic rings. The third kappa shape index (κ3) is 4.04. The average molecular weight is 326 g/mol. The van der Waals surface area contributed by atoms with Crippen LogP contribution in [0.3, 0.4) is 0 Å². The van der Waals surface area contributed by atoms with Gasteiger partial charge in [-0.1, -0.05) is 13.3 Å². The fourth-order valence-electron chi connectivity index (χ4n) is 2.81. The van der Waals surface area contributed by atoms with Crippen molar-refractivity contribution in [2.24, 2.45) is 5.41 Å². The summed E-state index contributed by atoms with van der Waals surface area (Å²) in [7, 11) is 0. The van der Waals surface area contributed by atoms with E-state index in [0.29, 0.717) is 0 Å². The van der Waals surface area contributed by atoms with Crippen molar-refractivity contribution in [3.05, 3.63) is 35.4 Å². The molecule has 1 saturated carbocycles. The van der Waals surface area contributed by atoms with E-state index in [4.69, 9.17) is 0 Å². The minimum Gasteiger partial charge on any atom is -0.396 e. The van der Waals surface area contributed by atoms with Gasteiger partial charge in [-0.05, 0) is 31.0 Å². The van der Waals surface area contributed by atoms with Gasteiger partial charge in [-0.15, -0.1) is 0 Å². The number of aliphatic hydroxyl groups excluding tert-OH is 1. The molecule has 5 nitrogen and oxygen atoms in total. The number of carbonyl (C=O) groups is 2. The van der Waals surface area contributed by atoms with Crippen LogP contribution in [-0.4, -0.2) is 36.1 Å². The fraction of sp³-hybridized carbons (Fsp3) is 0.500. The van der Waals surface area contributed by atoms with Crippen LogP contribution in [0.4, 0.5) is 8.78 Å². The highest BCUT2D eigenvalue weighted by molar-refractivity contribution is 5.96. The monoisotopic (exact) mass is 326 g/mol. The lowest BCUT2D eigenvalue weighted by Crippen LogP contribution is -2.48. The van der Waals surface area contributed by atoms with Crippen LogP contribution in [-0.2, 0) is 4.79 Å². The zero-order valence-electron chi connectivity index (χ0n) is 12.9. The second kappa shape index (κ2) is 7.04. The molecule has 2 atom stereocenters. The normalized spacial score (nSPS) is 23.6. The quantitative estimate of drug-likeness (QED) is 0.764. The molecule has 7 heteroatoms. The van der Waals surface area contributed by atoms with Gasteiger partial charge in [0.15, 0.2) is 11.6 Å². The van der Waals surface area contributed by atoms with Gasteiger partial charge in [0.25, 0.3) is 5.91 Å². The van der Waals surface area contributed by atoms with Crippen LogP contribution in [0, 0.1) is 17.0 Å². The number of aliphatic hydroxyl groups is 1. The molecule has 23 heavy (non-hydrogen) atoms. The second-order valence-corrected chi connectivity index (χ2v) is 6.14. The van der Waals surface area contributed by atoms with Crippen molar-refractivity contribution in [2.75, 3.05) is 13.2 Å². The molecule has 2 rings (SSSR count). The largest absolute Gasteiger partial charge is 0.396 e. The number of amides is 2. The number of nitrogens with one attached hydrogen (secondary N) is 2. The summed E-state index contributed by atoms with van der Waals surface area (Å²) in [6.45, 7) is 1.62. The first-order chi connectivity index (χ1) is 10.9. The lowest BCUT2D eigenvalue weighted by atomic mass is 9.86. The van der Waals surface area contributed by atoms with Gasteiger partial charge in [0.05, 0.1) is 13.2 Å². The Hall–Kier alpha value is -2.02. The second-order valence-electron chi connectivity index (χ2n) is 6.14. The standard InChI is InChI=1S/C16H20F2N2O3/c1-16(9-21)6-2-3-13(16)20-14(22)8-19-15(23)10-4-5-11(17)12(18)7-10/h4-5,7,13,21H,2-3,6,8-9H2,1H3,(H,19,23)(H,20,22). The predicted octanol–water partition coefficient (Wildman–Crippen LogP) is 1.36. The molecular formula is C16H20F2N2O3. The molecule has 0 aromatic heterocycles. The van der Waals surface area contributed by atoms with Crippen LogP contribution in [0.15, 0.2) is 18.2 Å². The maximum Gasteiger partial charge on any atom is 0.251 e. The molecule has 2 unspecified atom stereocenters. The van der Waals surface area contributed by atoms with E-state index in [9.17, 15) is 23.5 Å². The summed E-state index contributed by atoms with van der Waals surface area (Å²) < 4.78 is 25.9. The smallest absolute Gasteiger partial charge is 0.251 e. The van der Waals surface area contributed by atoms with E-state index in [0.717, 1.165) is 37.5 Å². The van der Waals surface area contributed by atoms with Crippen molar-refractivity contribution in [1.82, 2.24) is 10.6 Å². The first-order valence-electron chi connectivity index (χ1n) is 7.49. The molecule has 1 fully saturated rings. The lowest BCUT2D eigenvalue weighted by Gasteiger charge is -2.30. The van der Waals surface area contributed by atoms with E-state index in [-0.39, 0.29) is 36.1 Å². The Kier molecular flexibility index (Phi) is 5.30. The highest BCUT2D eigenvalue weighted by atomic mass is 19.2. The van der Waals surface area contributed by atoms with Crippen molar-refractivity contribution in [3.8, 4) is 0 Å². The number of carbonyl (C=O) groups excluding carboxylic acids is 2. The first kappa shape index (κ1) is 17.3. The first-order valence-corrected chi connectivity index (χ1v) is 7.49. The molecule has 3 N–H and O–H groups in total. The maximum atomic E-state index is 13.1. The lowest BCUT2D eigenvalue weighted by molar-refractivity contribution is -0.121. The van der Waals surface area contributed by atoms with E-state index in [1.54, 1.807) is 0 Å². The summed E-state index contributed by atoms with van der Waals surface area (Å²) in [5, 5.41) is 14.6. The van der Waals surface area contributed by atoms with Crippen molar-refractivity contribution < 1.29 is 23.5 Å². The Balaban J connectivity index is 1.86. The summed E-state index contributed by atoms with van der Waals surface area (Å²) in [6.07, 6.45) is 2.53. The van der Waals surface area contributed by atoms with E-state index in [2.05, 4.69) is 10.6 Å². The summed E-state index contributed by atoms with van der Waals surface area (Å²) in [6, 6.07) is 2.64. The molecule has 1 aliphatic carbocycles. The van der Waals surface area contributed by atoms with Crippen molar-refractivity contribution in [2.45, 2.75) is 32.2 Å². The zero-order valence-corrected chi connectivity index (χ0v) is 12.9. The Bertz CT molecular complexity index is 609. The number of hydrogen-bond acceptors (Lipinski definition) is 3. The van der Waals surface area contributed by atoms with Gasteiger partial charge in [0.1, 0.15) is 0 Å². The molecule has 0 spiro atoms. The molecule has 1 aromatic rings. The van der Waals surface area contributed by atoms with E-state index in [1.807, 2.05) is 6.92 Å². The predicted molar refractivity (Wildman–Crippen MR) is 79.7 cm³/mol. The fourth-order valence-corrected chi connectivity index (χ4v) is 2.81. The summed E-state index contributed by atoms with van der Waals surface area (Å²) in [4.78, 5) is 23.7. The molecular weight excluding hydrogens is 306 g/mol. The van der Waals surface area contributed by atoms with Crippen molar-refractivity contribution in [3.63, 3.8) is 0 Å². The van der Waals surface area contributed by atoms with E-state index < -0.39 is 17.5 Å². The SMILES string of the molecule is CC1(CO)CCCC1NC(=O)CNC(=O)c1ccc(F)c(F)c1. The highest BCUT2D eigenvalue weighted by Crippen LogP contribution is 2.37. The minimum absolute atomic E-state index is 0.0147. The maximum absolute atomic E-state index is 13.1. The van der Waals surface area contributed by atoms with Gasteiger partial charge in [0.2, 0.25) is 5.91 Å². The topological polar surface area (TPSA) is 78.4 Å². The summed E-state index contributed by atoms with van der Waals surface area (Å²) >= 11 is 0. The van der Waals surface area contributed by atoms with Gasteiger partial charge >= 0.3 is 0 Å². The number of benzene rings is 1. The minimum atomic E-state index is -1.12. The molecule has 2 amide bonds. The van der Waals surface area contributed by atoms with Gasteiger partial charge in [-0.2, -0.15) is 0 Å². The number of rotatable bonds is 5. The molecule has 126 valence electrons. The Morgan fingerprint density at radius 3 is 2.74 bits per heavy atom. The third-order valence-electron chi connectivity index (χ3n) is 4.37. The van der Waals surface area contributed by atoms with Gasteiger partial charge in [-0.3, -0.25) is 9.59 Å². The third-order valence-corrected chi connectivity index (χ3v) is 4.37. The molecule has 1 aromatic carbocycles. The average Bonchev–Trinajstić information content (AvgIpc) is 2.89. The van der Waals surface area contributed by atoms with Crippen molar-refractivity contribution in [1.29, 1.82) is 0 Å². The highest BCUT2D eigenvalue weighted by Gasteiger charge is 2.38. The van der Waals surface area contributed by atoms with Gasteiger partial charge in [-0.25, -0.2) is 8.78 Å². The Morgan fingerprint density at radius 1 is 1.35 bits per heavy atom. The van der Waals surface area contributed by atoms with E-state index >= 15 is 0 Å². The van der Waals surface area contributed by atoms with Crippen LogP contribution >= 0.6 is 0 Å². The van der Waals surface area contributed by atoms with Crippen LogP contribution in [0.5, 0.6) is 0 Å². The van der Waals surface area contributed by atoms with Gasteiger partial charge in [0, 0.05) is 17.0 Å². The van der Waals surface area contributed by atoms with Crippen LogP contribution < -0.4 is 10.6 Å². The number of hydrogen-bond donors (Lipinski definition) is 3. The zero-order chi connectivity index (χ0) is 17.0. The molecule has 0 bridgehead atoms. The van der Waals surface area contributed by atoms with Gasteiger partial charge < -0.3 is 15.7 Å². The van der Waals surface area contributed by atoms with E-state index in [1.165, 1.54) is 0 Å². The molecule has 0 aliphatic heterocycles. The van der Waals surface area contributed by atoms with Crippen LogP contribution in [0.1, 0.15) is 36.5 Å². The molecule has 0 heterocycles. The van der Waals surface area contributed by atoms with Crippen LogP contribution in [0.2, 0.25) is 0 Å². The van der Waals surface area contributed by atoms with Crippen molar-refractivity contribution >= 4 is 11.8 Å². The Morgan fingerprint density at radius 2 is 2.09 bits per heavy atom. The molecule has 0 radical (unpaired) electrons. The summed E-state index contributed by atoms with van der Waals surface area (Å²) in [5.74, 6) is -3.20.